The van der Waals surface area contributed by atoms with Gasteiger partial charge in [-0.1, -0.05) is 66.7 Å². The maximum absolute atomic E-state index is 12.9. The zero-order chi connectivity index (χ0) is 22.3. The molecule has 0 radical (unpaired) electrons. The van der Waals surface area contributed by atoms with Crippen LogP contribution in [0.4, 0.5) is 0 Å². The highest BCUT2D eigenvalue weighted by Gasteiger charge is 2.17. The van der Waals surface area contributed by atoms with Gasteiger partial charge in [0.1, 0.15) is 0 Å². The number of hydrogen-bond acceptors (Lipinski definition) is 4. The van der Waals surface area contributed by atoms with Gasteiger partial charge in [-0.2, -0.15) is 9.78 Å². The van der Waals surface area contributed by atoms with Crippen LogP contribution < -0.4 is 16.2 Å². The van der Waals surface area contributed by atoms with Crippen LogP contribution in [0.1, 0.15) is 16.1 Å². The Labute approximate surface area is 184 Å². The fourth-order valence-electron chi connectivity index (χ4n) is 3.41. The Morgan fingerprint density at radius 3 is 2.06 bits per heavy atom. The first-order valence-corrected chi connectivity index (χ1v) is 10.3. The molecule has 160 valence electrons. The Morgan fingerprint density at radius 2 is 1.34 bits per heavy atom. The third kappa shape index (κ3) is 4.73. The van der Waals surface area contributed by atoms with Crippen molar-refractivity contribution in [1.82, 2.24) is 20.4 Å². The average molecular weight is 426 g/mol. The molecule has 2 N–H and O–H groups in total. The molecule has 0 saturated heterocycles. The maximum atomic E-state index is 12.9. The summed E-state index contributed by atoms with van der Waals surface area (Å²) in [6.45, 7) is 0.521. The zero-order valence-corrected chi connectivity index (χ0v) is 17.3. The predicted octanol–water partition coefficient (Wildman–Crippen LogP) is 2.47. The number of fused-ring (bicyclic) bond motifs is 1. The van der Waals surface area contributed by atoms with E-state index < -0.39 is 5.91 Å². The van der Waals surface area contributed by atoms with Crippen molar-refractivity contribution in [3.63, 3.8) is 0 Å². The van der Waals surface area contributed by atoms with E-state index in [4.69, 9.17) is 0 Å². The number of rotatable bonds is 7. The molecule has 0 bridgehead atoms. The molecule has 3 aromatic carbocycles. The van der Waals surface area contributed by atoms with Crippen molar-refractivity contribution in [2.45, 2.75) is 6.42 Å². The van der Waals surface area contributed by atoms with E-state index in [-0.39, 0.29) is 36.7 Å². The number of nitrogens with one attached hydrogen (secondary N) is 2. The van der Waals surface area contributed by atoms with Gasteiger partial charge >= 0.3 is 0 Å². The molecule has 4 aromatic rings. The van der Waals surface area contributed by atoms with Gasteiger partial charge in [-0.3, -0.25) is 14.4 Å². The fraction of sp³-hybridized carbons (Fsp3) is 0.120. The highest BCUT2D eigenvalue weighted by atomic mass is 16.2. The monoisotopic (exact) mass is 426 g/mol. The van der Waals surface area contributed by atoms with Gasteiger partial charge in [0.25, 0.3) is 11.5 Å². The summed E-state index contributed by atoms with van der Waals surface area (Å²) in [5.41, 5.74) is 1.36. The third-order valence-electron chi connectivity index (χ3n) is 4.96. The largest absolute Gasteiger partial charge is 0.354 e. The van der Waals surface area contributed by atoms with E-state index in [1.165, 1.54) is 4.68 Å². The molecule has 32 heavy (non-hydrogen) atoms. The molecule has 0 aliphatic rings. The minimum Gasteiger partial charge on any atom is -0.354 e. The van der Waals surface area contributed by atoms with E-state index in [1.807, 2.05) is 36.4 Å². The molecule has 4 rings (SSSR count). The van der Waals surface area contributed by atoms with E-state index in [1.54, 1.807) is 48.5 Å². The van der Waals surface area contributed by atoms with E-state index in [9.17, 15) is 14.4 Å². The van der Waals surface area contributed by atoms with E-state index in [0.29, 0.717) is 16.5 Å². The molecular formula is C25H22N4O3. The van der Waals surface area contributed by atoms with Crippen LogP contribution in [-0.2, 0) is 11.2 Å². The van der Waals surface area contributed by atoms with Gasteiger partial charge < -0.3 is 10.6 Å². The second-order valence-electron chi connectivity index (χ2n) is 7.21. The Kier molecular flexibility index (Phi) is 6.36. The van der Waals surface area contributed by atoms with Crippen molar-refractivity contribution >= 4 is 22.6 Å². The molecule has 0 fully saturated rings. The summed E-state index contributed by atoms with van der Waals surface area (Å²) in [6, 6.07) is 25.3. The lowest BCUT2D eigenvalue weighted by Gasteiger charge is -2.11. The van der Waals surface area contributed by atoms with Crippen LogP contribution in [0.3, 0.4) is 0 Å². The van der Waals surface area contributed by atoms with Crippen LogP contribution >= 0.6 is 0 Å². The second-order valence-corrected chi connectivity index (χ2v) is 7.21. The van der Waals surface area contributed by atoms with Crippen LogP contribution in [0.25, 0.3) is 16.5 Å². The first-order chi connectivity index (χ1) is 15.6. The van der Waals surface area contributed by atoms with Crippen LogP contribution in [0, 0.1) is 0 Å². The van der Waals surface area contributed by atoms with Gasteiger partial charge in [0.2, 0.25) is 5.91 Å². The standard InChI is InChI=1S/C25H22N4O3/c30-22(17-18-9-3-1-4-10-18)26-15-16-27-24(31)23-20-13-7-8-14-21(20)25(32)29(28-23)19-11-5-2-6-12-19/h1-14H,15-17H2,(H,26,30)(H,27,31). The normalized spacial score (nSPS) is 10.6. The number of carbonyl (C=O) groups excluding carboxylic acids is 2. The lowest BCUT2D eigenvalue weighted by molar-refractivity contribution is -0.120. The molecule has 7 nitrogen and oxygen atoms in total. The third-order valence-corrected chi connectivity index (χ3v) is 4.96. The first kappa shape index (κ1) is 21.0. The van der Waals surface area contributed by atoms with Gasteiger partial charge in [-0.25, -0.2) is 0 Å². The molecule has 0 atom stereocenters. The van der Waals surface area contributed by atoms with Crippen LogP contribution in [0.15, 0.2) is 89.7 Å². The number of benzene rings is 3. The number of nitrogens with zero attached hydrogens (tertiary/aromatic N) is 2. The Bertz CT molecular complexity index is 1300. The lowest BCUT2D eigenvalue weighted by atomic mass is 10.1. The van der Waals surface area contributed by atoms with Crippen LogP contribution in [-0.4, -0.2) is 34.7 Å². The number of aromatic nitrogens is 2. The summed E-state index contributed by atoms with van der Waals surface area (Å²) < 4.78 is 1.24. The molecule has 0 spiro atoms. The minimum atomic E-state index is -0.414. The Hall–Kier alpha value is -4.26. The van der Waals surface area contributed by atoms with E-state index >= 15 is 0 Å². The van der Waals surface area contributed by atoms with E-state index in [2.05, 4.69) is 15.7 Å². The molecule has 1 heterocycles. The lowest BCUT2D eigenvalue weighted by Crippen LogP contribution is -2.36. The molecule has 2 amide bonds. The smallest absolute Gasteiger partial charge is 0.279 e. The highest BCUT2D eigenvalue weighted by Crippen LogP contribution is 2.15. The topological polar surface area (TPSA) is 93.1 Å². The summed E-state index contributed by atoms with van der Waals surface area (Å²) in [4.78, 5) is 37.9. The van der Waals surface area contributed by atoms with Crippen LogP contribution in [0.2, 0.25) is 0 Å². The summed E-state index contributed by atoms with van der Waals surface area (Å²) in [5, 5.41) is 10.8. The molecule has 7 heteroatoms. The number of amides is 2. The Balaban J connectivity index is 1.47. The first-order valence-electron chi connectivity index (χ1n) is 10.3. The molecule has 0 aliphatic carbocycles. The van der Waals surface area contributed by atoms with Gasteiger partial charge in [-0.15, -0.1) is 0 Å². The molecule has 0 aliphatic heterocycles. The van der Waals surface area contributed by atoms with Gasteiger partial charge in [0.15, 0.2) is 5.69 Å². The van der Waals surface area contributed by atoms with Crippen molar-refractivity contribution in [3.8, 4) is 5.69 Å². The van der Waals surface area contributed by atoms with Gasteiger partial charge in [0.05, 0.1) is 17.5 Å². The average Bonchev–Trinajstić information content (AvgIpc) is 2.83. The summed E-state index contributed by atoms with van der Waals surface area (Å²) in [6.07, 6.45) is 0.281. The van der Waals surface area contributed by atoms with Crippen molar-refractivity contribution in [2.75, 3.05) is 13.1 Å². The Morgan fingerprint density at radius 1 is 0.750 bits per heavy atom. The van der Waals surface area contributed by atoms with Gasteiger partial charge in [-0.05, 0) is 23.8 Å². The van der Waals surface area contributed by atoms with Crippen molar-refractivity contribution in [2.24, 2.45) is 0 Å². The zero-order valence-electron chi connectivity index (χ0n) is 17.3. The minimum absolute atomic E-state index is 0.119. The molecular weight excluding hydrogens is 404 g/mol. The van der Waals surface area contributed by atoms with Gasteiger partial charge in [0, 0.05) is 18.5 Å². The molecule has 0 saturated carbocycles. The molecule has 0 unspecified atom stereocenters. The second kappa shape index (κ2) is 9.70. The number of para-hydroxylation sites is 1. The predicted molar refractivity (Wildman–Crippen MR) is 123 cm³/mol. The van der Waals surface area contributed by atoms with Crippen molar-refractivity contribution in [3.05, 3.63) is 107 Å². The van der Waals surface area contributed by atoms with Crippen molar-refractivity contribution < 1.29 is 9.59 Å². The maximum Gasteiger partial charge on any atom is 0.279 e. The van der Waals surface area contributed by atoms with Crippen molar-refractivity contribution in [1.29, 1.82) is 0 Å². The van der Waals surface area contributed by atoms with Crippen LogP contribution in [0.5, 0.6) is 0 Å². The summed E-state index contributed by atoms with van der Waals surface area (Å²) in [5.74, 6) is -0.533. The highest BCUT2D eigenvalue weighted by molar-refractivity contribution is 6.04. The fourth-order valence-corrected chi connectivity index (χ4v) is 3.41. The summed E-state index contributed by atoms with van der Waals surface area (Å²) in [7, 11) is 0. The summed E-state index contributed by atoms with van der Waals surface area (Å²) >= 11 is 0. The number of carbonyl (C=O) groups is 2. The quantitative estimate of drug-likeness (QED) is 0.444. The van der Waals surface area contributed by atoms with E-state index in [0.717, 1.165) is 5.56 Å². The molecule has 1 aromatic heterocycles. The number of hydrogen-bond donors (Lipinski definition) is 2. The SMILES string of the molecule is O=C(Cc1ccccc1)NCCNC(=O)c1nn(-c2ccccc2)c(=O)c2ccccc12.